The van der Waals surface area contributed by atoms with E-state index in [4.69, 9.17) is 11.6 Å². The Morgan fingerprint density at radius 1 is 1.25 bits per heavy atom. The Morgan fingerprint density at radius 2 is 2.06 bits per heavy atom. The first-order valence-corrected chi connectivity index (χ1v) is 5.26. The lowest BCUT2D eigenvalue weighted by Gasteiger charge is -2.06. The fourth-order valence-electron chi connectivity index (χ4n) is 1.31. The number of rotatable bonds is 3. The smallest absolute Gasteiger partial charge is 0.171 e. The zero-order chi connectivity index (χ0) is 11.4. The minimum Gasteiger partial charge on any atom is -0.362 e. The molecule has 0 amide bonds. The molecule has 1 N–H and O–H groups in total. The van der Waals surface area contributed by atoms with Crippen LogP contribution in [0.2, 0.25) is 5.15 Å². The van der Waals surface area contributed by atoms with Gasteiger partial charge in [-0.3, -0.25) is 4.98 Å². The average molecular weight is 235 g/mol. The predicted octanol–water partition coefficient (Wildman–Crippen LogP) is 2.45. The monoisotopic (exact) mass is 234 g/mol. The molecule has 0 spiro atoms. The van der Waals surface area contributed by atoms with Crippen LogP contribution in [0.4, 0.5) is 5.82 Å². The highest BCUT2D eigenvalue weighted by Gasteiger charge is 2.01. The maximum Gasteiger partial charge on any atom is 0.171 e. The molecule has 0 bridgehead atoms. The third-order valence-corrected chi connectivity index (χ3v) is 2.31. The topological polar surface area (TPSA) is 50.7 Å². The quantitative estimate of drug-likeness (QED) is 0.886. The van der Waals surface area contributed by atoms with Crippen LogP contribution in [0.5, 0.6) is 0 Å². The van der Waals surface area contributed by atoms with Crippen molar-refractivity contribution in [2.75, 3.05) is 5.32 Å². The number of aromatic nitrogens is 3. The van der Waals surface area contributed by atoms with Gasteiger partial charge in [-0.15, -0.1) is 0 Å². The van der Waals surface area contributed by atoms with E-state index in [9.17, 15) is 0 Å². The van der Waals surface area contributed by atoms with E-state index >= 15 is 0 Å². The summed E-state index contributed by atoms with van der Waals surface area (Å²) in [5.74, 6) is 0.576. The summed E-state index contributed by atoms with van der Waals surface area (Å²) in [5, 5.41) is 3.46. The second kappa shape index (κ2) is 4.90. The Morgan fingerprint density at radius 3 is 2.81 bits per heavy atom. The first-order chi connectivity index (χ1) is 7.75. The summed E-state index contributed by atoms with van der Waals surface area (Å²) in [5.41, 5.74) is 1.94. The molecule has 0 unspecified atom stereocenters. The lowest BCUT2D eigenvalue weighted by molar-refractivity contribution is 0.998. The van der Waals surface area contributed by atoms with Crippen LogP contribution in [0.3, 0.4) is 0 Å². The third-order valence-electron chi connectivity index (χ3n) is 2.04. The Hall–Kier alpha value is -1.68. The van der Waals surface area contributed by atoms with Crippen LogP contribution in [-0.4, -0.2) is 15.0 Å². The van der Waals surface area contributed by atoms with Gasteiger partial charge in [0.1, 0.15) is 0 Å². The number of aryl methyl sites for hydroxylation is 1. The number of anilines is 1. The molecule has 0 saturated carbocycles. The fraction of sp³-hybridized carbons (Fsp3) is 0.182. The van der Waals surface area contributed by atoms with E-state index in [1.54, 1.807) is 12.4 Å². The summed E-state index contributed by atoms with van der Waals surface area (Å²) in [6.45, 7) is 2.54. The molecular weight excluding hydrogens is 224 g/mol. The molecule has 0 aliphatic carbocycles. The van der Waals surface area contributed by atoms with E-state index in [1.807, 2.05) is 25.1 Å². The number of hydrogen-bond acceptors (Lipinski definition) is 4. The number of nitrogens with one attached hydrogen (secondary N) is 1. The van der Waals surface area contributed by atoms with E-state index in [2.05, 4.69) is 20.3 Å². The van der Waals surface area contributed by atoms with Gasteiger partial charge in [0.2, 0.25) is 0 Å². The average Bonchev–Trinajstić information content (AvgIpc) is 2.28. The lowest BCUT2D eigenvalue weighted by atomic mass is 10.3. The van der Waals surface area contributed by atoms with Crippen molar-refractivity contribution in [3.05, 3.63) is 47.1 Å². The van der Waals surface area contributed by atoms with Crippen LogP contribution in [0.25, 0.3) is 0 Å². The molecule has 2 rings (SSSR count). The van der Waals surface area contributed by atoms with Crippen molar-refractivity contribution in [2.24, 2.45) is 0 Å². The Bertz CT molecular complexity index is 487. The van der Waals surface area contributed by atoms with Crippen LogP contribution in [0, 0.1) is 6.92 Å². The molecule has 0 atom stereocenters. The van der Waals surface area contributed by atoms with Crippen LogP contribution < -0.4 is 5.32 Å². The van der Waals surface area contributed by atoms with Gasteiger partial charge >= 0.3 is 0 Å². The zero-order valence-corrected chi connectivity index (χ0v) is 9.57. The van der Waals surface area contributed by atoms with E-state index in [-0.39, 0.29) is 0 Å². The molecule has 0 saturated heterocycles. The highest BCUT2D eigenvalue weighted by Crippen LogP contribution is 2.14. The van der Waals surface area contributed by atoms with E-state index in [0.29, 0.717) is 17.5 Å². The fourth-order valence-corrected chi connectivity index (χ4v) is 1.48. The Balaban J connectivity index is 2.05. The van der Waals surface area contributed by atoms with Gasteiger partial charge < -0.3 is 5.32 Å². The molecule has 2 heterocycles. The summed E-state index contributed by atoms with van der Waals surface area (Å²) in [7, 11) is 0. The van der Waals surface area contributed by atoms with Crippen LogP contribution in [0.15, 0.2) is 30.6 Å². The largest absolute Gasteiger partial charge is 0.362 e. The van der Waals surface area contributed by atoms with Gasteiger partial charge in [0.15, 0.2) is 11.0 Å². The number of pyridine rings is 1. The first kappa shape index (κ1) is 10.8. The van der Waals surface area contributed by atoms with Crippen LogP contribution in [-0.2, 0) is 6.54 Å². The van der Waals surface area contributed by atoms with E-state index in [1.165, 1.54) is 0 Å². The summed E-state index contributed by atoms with van der Waals surface area (Å²) in [6, 6.07) is 5.88. The summed E-state index contributed by atoms with van der Waals surface area (Å²) >= 11 is 5.87. The van der Waals surface area contributed by atoms with Gasteiger partial charge in [0.05, 0.1) is 12.2 Å². The second-order valence-corrected chi connectivity index (χ2v) is 3.68. The van der Waals surface area contributed by atoms with Crippen LogP contribution in [0.1, 0.15) is 11.4 Å². The minimum atomic E-state index is 0.371. The minimum absolute atomic E-state index is 0.371. The predicted molar refractivity (Wildman–Crippen MR) is 63.3 cm³/mol. The summed E-state index contributed by atoms with van der Waals surface area (Å²) in [4.78, 5) is 12.4. The molecule has 0 aromatic carbocycles. The van der Waals surface area contributed by atoms with Gasteiger partial charge in [-0.1, -0.05) is 17.7 Å². The van der Waals surface area contributed by atoms with Gasteiger partial charge in [-0.2, -0.15) is 0 Å². The lowest BCUT2D eigenvalue weighted by Crippen LogP contribution is -2.04. The standard InChI is InChI=1S/C11H11ClN4/c1-8-3-2-4-9(16-8)7-15-11-10(12)13-5-6-14-11/h2-6H,7H2,1H3,(H,14,15). The SMILES string of the molecule is Cc1cccc(CNc2nccnc2Cl)n1. The molecule has 0 aliphatic rings. The first-order valence-electron chi connectivity index (χ1n) is 4.88. The van der Waals surface area contributed by atoms with E-state index < -0.39 is 0 Å². The molecule has 5 heteroatoms. The third kappa shape index (κ3) is 2.67. The molecule has 16 heavy (non-hydrogen) atoms. The highest BCUT2D eigenvalue weighted by molar-refractivity contribution is 6.31. The molecule has 4 nitrogen and oxygen atoms in total. The molecule has 0 aliphatic heterocycles. The number of hydrogen-bond donors (Lipinski definition) is 1. The van der Waals surface area contributed by atoms with Crippen molar-refractivity contribution in [1.82, 2.24) is 15.0 Å². The Kier molecular flexibility index (Phi) is 3.31. The molecule has 82 valence electrons. The molecule has 0 radical (unpaired) electrons. The van der Waals surface area contributed by atoms with Gasteiger partial charge in [-0.25, -0.2) is 9.97 Å². The van der Waals surface area contributed by atoms with Crippen molar-refractivity contribution < 1.29 is 0 Å². The normalized spacial score (nSPS) is 10.1. The summed E-state index contributed by atoms with van der Waals surface area (Å²) < 4.78 is 0. The molecule has 2 aromatic heterocycles. The second-order valence-electron chi connectivity index (χ2n) is 3.32. The molecule has 0 fully saturated rings. The van der Waals surface area contributed by atoms with Gasteiger partial charge in [0.25, 0.3) is 0 Å². The van der Waals surface area contributed by atoms with Crippen molar-refractivity contribution in [3.8, 4) is 0 Å². The van der Waals surface area contributed by atoms with Crippen molar-refractivity contribution in [3.63, 3.8) is 0 Å². The van der Waals surface area contributed by atoms with Gasteiger partial charge in [-0.05, 0) is 19.1 Å². The molecular formula is C11H11ClN4. The summed E-state index contributed by atoms with van der Waals surface area (Å²) in [6.07, 6.45) is 3.15. The van der Waals surface area contributed by atoms with Crippen molar-refractivity contribution >= 4 is 17.4 Å². The highest BCUT2D eigenvalue weighted by atomic mass is 35.5. The van der Waals surface area contributed by atoms with Crippen molar-refractivity contribution in [1.29, 1.82) is 0 Å². The maximum absolute atomic E-state index is 5.87. The zero-order valence-electron chi connectivity index (χ0n) is 8.81. The van der Waals surface area contributed by atoms with Crippen molar-refractivity contribution in [2.45, 2.75) is 13.5 Å². The van der Waals surface area contributed by atoms with Gasteiger partial charge in [0, 0.05) is 18.1 Å². The Labute approximate surface area is 98.7 Å². The van der Waals surface area contributed by atoms with Crippen LogP contribution >= 0.6 is 11.6 Å². The molecule has 2 aromatic rings. The maximum atomic E-state index is 5.87. The number of halogens is 1. The van der Waals surface area contributed by atoms with E-state index in [0.717, 1.165) is 11.4 Å². The number of nitrogens with zero attached hydrogens (tertiary/aromatic N) is 3.